The predicted octanol–water partition coefficient (Wildman–Crippen LogP) is 2.22. The predicted molar refractivity (Wildman–Crippen MR) is 95.3 cm³/mol. The molecule has 0 spiro atoms. The number of benzene rings is 1. The summed E-state index contributed by atoms with van der Waals surface area (Å²) in [4.78, 5) is 39.7. The van der Waals surface area contributed by atoms with E-state index in [1.807, 2.05) is 0 Å². The van der Waals surface area contributed by atoms with Crippen molar-refractivity contribution in [1.82, 2.24) is 4.90 Å². The van der Waals surface area contributed by atoms with Gasteiger partial charge < -0.3 is 10.1 Å². The molecule has 2 fully saturated rings. The Kier molecular flexibility index (Phi) is 4.05. The highest BCUT2D eigenvalue weighted by Gasteiger charge is 2.58. The number of ether oxygens (including phenoxy) is 1. The molecule has 5 rings (SSSR count). The third-order valence-electron chi connectivity index (χ3n) is 5.93. The molecule has 1 aliphatic heterocycles. The molecule has 6 nitrogen and oxygen atoms in total. The fraction of sp³-hybridized carbons (Fsp3) is 0.450. The van der Waals surface area contributed by atoms with E-state index in [-0.39, 0.29) is 35.5 Å². The van der Waals surface area contributed by atoms with Gasteiger partial charge in [-0.1, -0.05) is 24.3 Å². The van der Waals surface area contributed by atoms with E-state index in [1.165, 1.54) is 12.0 Å². The van der Waals surface area contributed by atoms with Gasteiger partial charge in [0.25, 0.3) is 0 Å². The van der Waals surface area contributed by atoms with Crippen molar-refractivity contribution in [1.29, 1.82) is 0 Å². The van der Waals surface area contributed by atoms with E-state index in [0.717, 1.165) is 12.8 Å². The first-order valence-corrected chi connectivity index (χ1v) is 9.02. The summed E-state index contributed by atoms with van der Waals surface area (Å²) in [5, 5.41) is 2.77. The Morgan fingerprint density at radius 2 is 1.69 bits per heavy atom. The molecule has 26 heavy (non-hydrogen) atoms. The standard InChI is InChI=1S/C20H22N2O4/c1-11(18(23)21-14-5-3-4-6-15(14)26-2)22-19(24)16-12-7-8-13(10-9-12)17(16)20(22)25/h3-8,11-13,16-17H,9-10H2,1-2H3,(H,21,23)/t11-,12+,13+,16-,17+/m1/s1. The second-order valence-electron chi connectivity index (χ2n) is 7.25. The van der Waals surface area contributed by atoms with Crippen molar-refractivity contribution in [2.75, 3.05) is 12.4 Å². The number of nitrogens with zero attached hydrogens (tertiary/aromatic N) is 1. The second kappa shape index (κ2) is 6.27. The number of anilines is 1. The summed E-state index contributed by atoms with van der Waals surface area (Å²) in [5.74, 6) is -0.631. The molecule has 1 heterocycles. The van der Waals surface area contributed by atoms with Gasteiger partial charge in [-0.15, -0.1) is 0 Å². The van der Waals surface area contributed by atoms with Crippen molar-refractivity contribution in [3.8, 4) is 5.75 Å². The molecule has 1 aromatic rings. The van der Waals surface area contributed by atoms with Crippen molar-refractivity contribution in [2.24, 2.45) is 23.7 Å². The Bertz CT molecular complexity index is 771. The number of hydrogen-bond donors (Lipinski definition) is 1. The molecule has 136 valence electrons. The number of nitrogens with one attached hydrogen (secondary N) is 1. The average molecular weight is 354 g/mol. The lowest BCUT2D eigenvalue weighted by molar-refractivity contribution is -0.146. The highest BCUT2D eigenvalue weighted by atomic mass is 16.5. The summed E-state index contributed by atoms with van der Waals surface area (Å²) in [6.45, 7) is 1.60. The number of likely N-dealkylation sites (tertiary alicyclic amines) is 1. The lowest BCUT2D eigenvalue weighted by Gasteiger charge is -2.38. The number of carbonyl (C=O) groups excluding carboxylic acids is 3. The van der Waals surface area contributed by atoms with Crippen LogP contribution in [0.2, 0.25) is 0 Å². The van der Waals surface area contributed by atoms with E-state index in [1.54, 1.807) is 31.2 Å². The third-order valence-corrected chi connectivity index (χ3v) is 5.93. The van der Waals surface area contributed by atoms with E-state index in [4.69, 9.17) is 4.74 Å². The molecule has 4 aliphatic rings. The zero-order valence-corrected chi connectivity index (χ0v) is 14.8. The van der Waals surface area contributed by atoms with Crippen LogP contribution in [-0.4, -0.2) is 35.8 Å². The van der Waals surface area contributed by atoms with Gasteiger partial charge in [-0.2, -0.15) is 0 Å². The van der Waals surface area contributed by atoms with E-state index in [0.29, 0.717) is 11.4 Å². The van der Waals surface area contributed by atoms with Crippen LogP contribution < -0.4 is 10.1 Å². The monoisotopic (exact) mass is 354 g/mol. The van der Waals surface area contributed by atoms with Crippen molar-refractivity contribution >= 4 is 23.4 Å². The van der Waals surface area contributed by atoms with Gasteiger partial charge in [-0.05, 0) is 43.7 Å². The molecule has 0 radical (unpaired) electrons. The number of fused-ring (bicyclic) bond motifs is 1. The van der Waals surface area contributed by atoms with Crippen LogP contribution in [-0.2, 0) is 14.4 Å². The molecule has 3 amide bonds. The van der Waals surface area contributed by atoms with Gasteiger partial charge in [0.2, 0.25) is 17.7 Å². The Hall–Kier alpha value is -2.63. The summed E-state index contributed by atoms with van der Waals surface area (Å²) in [7, 11) is 1.52. The van der Waals surface area contributed by atoms with Crippen LogP contribution in [0.1, 0.15) is 19.8 Å². The minimum atomic E-state index is -0.857. The Morgan fingerprint density at radius 1 is 1.12 bits per heavy atom. The molecule has 6 heteroatoms. The minimum Gasteiger partial charge on any atom is -0.495 e. The number of amides is 3. The maximum Gasteiger partial charge on any atom is 0.247 e. The van der Waals surface area contributed by atoms with Gasteiger partial charge in [0, 0.05) is 0 Å². The minimum absolute atomic E-state index is 0.121. The number of para-hydroxylation sites is 2. The topological polar surface area (TPSA) is 75.7 Å². The van der Waals surface area contributed by atoms with Crippen LogP contribution >= 0.6 is 0 Å². The lowest BCUT2D eigenvalue weighted by Crippen LogP contribution is -2.46. The van der Waals surface area contributed by atoms with Gasteiger partial charge in [-0.25, -0.2) is 0 Å². The molecular formula is C20H22N2O4. The normalized spacial score (nSPS) is 30.3. The lowest BCUT2D eigenvalue weighted by atomic mass is 9.63. The maximum atomic E-state index is 12.9. The van der Waals surface area contributed by atoms with Crippen LogP contribution in [0.25, 0.3) is 0 Å². The van der Waals surface area contributed by atoms with Gasteiger partial charge in [-0.3, -0.25) is 19.3 Å². The highest BCUT2D eigenvalue weighted by Crippen LogP contribution is 2.50. The van der Waals surface area contributed by atoms with Gasteiger partial charge in [0.15, 0.2) is 0 Å². The Labute approximate surface area is 152 Å². The number of allylic oxidation sites excluding steroid dienone is 2. The van der Waals surface area contributed by atoms with Crippen molar-refractivity contribution in [2.45, 2.75) is 25.8 Å². The number of rotatable bonds is 4. The zero-order valence-electron chi connectivity index (χ0n) is 14.8. The second-order valence-corrected chi connectivity index (χ2v) is 7.25. The first kappa shape index (κ1) is 16.8. The van der Waals surface area contributed by atoms with Crippen molar-refractivity contribution in [3.63, 3.8) is 0 Å². The van der Waals surface area contributed by atoms with Gasteiger partial charge in [0.1, 0.15) is 11.8 Å². The highest BCUT2D eigenvalue weighted by molar-refractivity contribution is 6.10. The third kappa shape index (κ3) is 2.43. The van der Waals surface area contributed by atoms with Crippen molar-refractivity contribution in [3.05, 3.63) is 36.4 Å². The van der Waals surface area contributed by atoms with Crippen LogP contribution in [0.4, 0.5) is 5.69 Å². The number of hydrogen-bond acceptors (Lipinski definition) is 4. The molecule has 1 N–H and O–H groups in total. The molecule has 1 saturated carbocycles. The summed E-state index contributed by atoms with van der Waals surface area (Å²) in [6.07, 6.45) is 6.03. The molecule has 2 bridgehead atoms. The summed E-state index contributed by atoms with van der Waals surface area (Å²) < 4.78 is 5.24. The quantitative estimate of drug-likeness (QED) is 0.664. The molecule has 3 aliphatic carbocycles. The molecule has 0 aromatic heterocycles. The van der Waals surface area contributed by atoms with Gasteiger partial charge in [0.05, 0.1) is 24.6 Å². The van der Waals surface area contributed by atoms with E-state index >= 15 is 0 Å². The summed E-state index contributed by atoms with van der Waals surface area (Å²) >= 11 is 0. The summed E-state index contributed by atoms with van der Waals surface area (Å²) in [6, 6.07) is 6.20. The smallest absolute Gasteiger partial charge is 0.247 e. The van der Waals surface area contributed by atoms with Crippen LogP contribution in [0.3, 0.4) is 0 Å². The fourth-order valence-electron chi connectivity index (χ4n) is 4.58. The maximum absolute atomic E-state index is 12.9. The van der Waals surface area contributed by atoms with Crippen LogP contribution in [0.15, 0.2) is 36.4 Å². The van der Waals surface area contributed by atoms with Gasteiger partial charge >= 0.3 is 0 Å². The average Bonchev–Trinajstić information content (AvgIpc) is 2.95. The van der Waals surface area contributed by atoms with Crippen molar-refractivity contribution < 1.29 is 19.1 Å². The molecular weight excluding hydrogens is 332 g/mol. The molecule has 1 saturated heterocycles. The van der Waals surface area contributed by atoms with Crippen LogP contribution in [0, 0.1) is 23.7 Å². The molecule has 0 unspecified atom stereocenters. The van der Waals surface area contributed by atoms with E-state index < -0.39 is 11.9 Å². The SMILES string of the molecule is COc1ccccc1NC(=O)[C@@H](C)N1C(=O)[C@@H]2[C@H](C1=O)[C@H]1C=C[C@H]2CC1. The fourth-order valence-corrected chi connectivity index (χ4v) is 4.58. The first-order chi connectivity index (χ1) is 12.5. The number of imide groups is 1. The zero-order chi connectivity index (χ0) is 18.4. The molecule has 1 aromatic carbocycles. The Morgan fingerprint density at radius 3 is 2.23 bits per heavy atom. The Balaban J connectivity index is 1.55. The molecule has 5 atom stereocenters. The first-order valence-electron chi connectivity index (χ1n) is 9.02. The van der Waals surface area contributed by atoms with E-state index in [9.17, 15) is 14.4 Å². The summed E-state index contributed by atoms with van der Waals surface area (Å²) in [5.41, 5.74) is 0.519. The van der Waals surface area contributed by atoms with E-state index in [2.05, 4.69) is 17.5 Å². The number of methoxy groups -OCH3 is 1. The largest absolute Gasteiger partial charge is 0.495 e. The number of carbonyl (C=O) groups is 3. The van der Waals surface area contributed by atoms with Crippen LogP contribution in [0.5, 0.6) is 5.75 Å².